The predicted octanol–water partition coefficient (Wildman–Crippen LogP) is 5.39. The Labute approximate surface area is 127 Å². The summed E-state index contributed by atoms with van der Waals surface area (Å²) < 4.78 is 79.4. The van der Waals surface area contributed by atoms with E-state index in [-0.39, 0.29) is 10.9 Å². The number of hydrogen-bond donors (Lipinski definition) is 0. The molecule has 0 saturated carbocycles. The van der Waals surface area contributed by atoms with Crippen LogP contribution in [0.15, 0.2) is 28.7 Å². The molecule has 20 heavy (non-hydrogen) atoms. The summed E-state index contributed by atoms with van der Waals surface area (Å²) in [5.41, 5.74) is 0.197. The van der Waals surface area contributed by atoms with Gasteiger partial charge >= 0.3 is 12.4 Å². The predicted molar refractivity (Wildman–Crippen MR) is 67.7 cm³/mol. The maximum absolute atomic E-state index is 12.5. The van der Waals surface area contributed by atoms with E-state index in [0.29, 0.717) is 4.47 Å². The molecule has 0 fully saturated rings. The summed E-state index contributed by atoms with van der Waals surface area (Å²) in [6.45, 7) is 0. The van der Waals surface area contributed by atoms with Gasteiger partial charge in [0.15, 0.2) is 0 Å². The normalized spacial score (nSPS) is 14.7. The second kappa shape index (κ2) is 6.65. The van der Waals surface area contributed by atoms with Crippen molar-refractivity contribution in [1.29, 1.82) is 0 Å². The highest BCUT2D eigenvalue weighted by Crippen LogP contribution is 2.40. The van der Waals surface area contributed by atoms with Gasteiger partial charge in [-0.2, -0.15) is 26.3 Å². The van der Waals surface area contributed by atoms with Gasteiger partial charge in [-0.15, -0.1) is 0 Å². The zero-order chi connectivity index (χ0) is 15.6. The minimum absolute atomic E-state index is 0.197. The van der Waals surface area contributed by atoms with Gasteiger partial charge in [-0.05, 0) is 11.6 Å². The molecule has 1 rings (SSSR count). The Kier molecular flexibility index (Phi) is 5.91. The van der Waals surface area contributed by atoms with Gasteiger partial charge in [-0.3, -0.25) is 0 Å². The van der Waals surface area contributed by atoms with Crippen molar-refractivity contribution in [3.8, 4) is 0 Å². The highest BCUT2D eigenvalue weighted by molar-refractivity contribution is 9.10. The maximum Gasteiger partial charge on any atom is 0.423 e. The molecule has 0 aliphatic rings. The Morgan fingerprint density at radius 2 is 1.50 bits per heavy atom. The minimum Gasteiger partial charge on any atom is -0.352 e. The maximum atomic E-state index is 12.5. The van der Waals surface area contributed by atoms with E-state index in [2.05, 4.69) is 36.6 Å². The van der Waals surface area contributed by atoms with E-state index in [9.17, 15) is 26.3 Å². The van der Waals surface area contributed by atoms with Crippen molar-refractivity contribution in [3.05, 3.63) is 34.3 Å². The first kappa shape index (κ1) is 17.8. The van der Waals surface area contributed by atoms with Crippen LogP contribution < -0.4 is 0 Å². The van der Waals surface area contributed by atoms with Gasteiger partial charge in [0, 0.05) is 9.80 Å². The number of benzene rings is 1. The van der Waals surface area contributed by atoms with Gasteiger partial charge in [-0.1, -0.05) is 50.1 Å². The zero-order valence-corrected chi connectivity index (χ0v) is 12.8. The minimum atomic E-state index is -5.53. The van der Waals surface area contributed by atoms with Crippen LogP contribution in [-0.2, 0) is 4.74 Å². The quantitative estimate of drug-likeness (QED) is 0.460. The fraction of sp³-hybridized carbons (Fsp3) is 0.455. The summed E-state index contributed by atoms with van der Waals surface area (Å²) in [6.07, 6.45) is -16.3. The summed E-state index contributed by atoms with van der Waals surface area (Å²) in [6, 6.07) is 5.98. The van der Waals surface area contributed by atoms with E-state index in [1.54, 1.807) is 6.07 Å². The van der Waals surface area contributed by atoms with Gasteiger partial charge in [0.25, 0.3) is 0 Å². The third-order valence-electron chi connectivity index (χ3n) is 2.29. The number of rotatable bonds is 4. The summed E-state index contributed by atoms with van der Waals surface area (Å²) in [5.74, 6) is 0. The van der Waals surface area contributed by atoms with Crippen LogP contribution >= 0.6 is 31.9 Å². The molecule has 1 aromatic rings. The number of alkyl halides is 7. The van der Waals surface area contributed by atoms with Crippen LogP contribution in [0.1, 0.15) is 11.7 Å². The van der Waals surface area contributed by atoms with Crippen LogP contribution in [-0.4, -0.2) is 23.8 Å². The van der Waals surface area contributed by atoms with Crippen LogP contribution in [0.25, 0.3) is 0 Å². The molecule has 0 saturated heterocycles. The third kappa shape index (κ3) is 4.63. The van der Waals surface area contributed by atoms with Gasteiger partial charge in [0.2, 0.25) is 6.10 Å². The fourth-order valence-electron chi connectivity index (χ4n) is 1.43. The van der Waals surface area contributed by atoms with Crippen LogP contribution in [0.4, 0.5) is 26.3 Å². The van der Waals surface area contributed by atoms with E-state index in [1.807, 2.05) is 0 Å². The van der Waals surface area contributed by atoms with Crippen molar-refractivity contribution < 1.29 is 31.1 Å². The first-order chi connectivity index (χ1) is 9.07. The van der Waals surface area contributed by atoms with E-state index >= 15 is 0 Å². The lowest BCUT2D eigenvalue weighted by molar-refractivity contribution is -0.330. The molecule has 0 spiro atoms. The lowest BCUT2D eigenvalue weighted by atomic mass is 10.1. The second-order valence-electron chi connectivity index (χ2n) is 3.76. The van der Waals surface area contributed by atoms with Crippen molar-refractivity contribution in [2.75, 3.05) is 5.33 Å². The Hall–Kier alpha value is -0.280. The molecule has 114 valence electrons. The summed E-state index contributed by atoms with van der Waals surface area (Å²) in [5, 5.41) is -0.210. The van der Waals surface area contributed by atoms with Crippen LogP contribution in [0.3, 0.4) is 0 Å². The molecule has 0 aromatic heterocycles. The number of hydrogen-bond acceptors (Lipinski definition) is 1. The molecule has 0 radical (unpaired) electrons. The fourth-order valence-corrected chi connectivity index (χ4v) is 2.47. The summed E-state index contributed by atoms with van der Waals surface area (Å²) in [4.78, 5) is 0. The van der Waals surface area contributed by atoms with E-state index in [0.717, 1.165) is 0 Å². The molecule has 1 atom stereocenters. The Balaban J connectivity index is 3.05. The monoisotopic (exact) mass is 428 g/mol. The molecule has 0 bridgehead atoms. The van der Waals surface area contributed by atoms with Crippen LogP contribution in [0.2, 0.25) is 0 Å². The smallest absolute Gasteiger partial charge is 0.352 e. The molecule has 0 amide bonds. The van der Waals surface area contributed by atoms with Crippen molar-refractivity contribution in [1.82, 2.24) is 0 Å². The Bertz CT molecular complexity index is 431. The van der Waals surface area contributed by atoms with Gasteiger partial charge in [0.1, 0.15) is 0 Å². The van der Waals surface area contributed by atoms with Crippen molar-refractivity contribution in [2.45, 2.75) is 24.6 Å². The average molecular weight is 430 g/mol. The van der Waals surface area contributed by atoms with E-state index in [4.69, 9.17) is 0 Å². The number of ether oxygens (including phenoxy) is 1. The standard InChI is InChI=1S/C11H8Br2F6O/c12-5-8(6-3-1-2-4-7(6)13)20-9(10(14,15)16)11(17,18)19/h1-4,8-9H,5H2. The molecule has 0 N–H and O–H groups in total. The van der Waals surface area contributed by atoms with Crippen molar-refractivity contribution in [2.24, 2.45) is 0 Å². The van der Waals surface area contributed by atoms with Crippen LogP contribution in [0.5, 0.6) is 0 Å². The molecule has 0 aliphatic heterocycles. The molecule has 1 unspecified atom stereocenters. The highest BCUT2D eigenvalue weighted by atomic mass is 79.9. The summed E-state index contributed by atoms with van der Waals surface area (Å²) in [7, 11) is 0. The zero-order valence-electron chi connectivity index (χ0n) is 9.60. The largest absolute Gasteiger partial charge is 0.423 e. The topological polar surface area (TPSA) is 9.23 Å². The Morgan fingerprint density at radius 3 is 1.90 bits per heavy atom. The van der Waals surface area contributed by atoms with Crippen molar-refractivity contribution >= 4 is 31.9 Å². The molecule has 0 aliphatic carbocycles. The lowest BCUT2D eigenvalue weighted by Gasteiger charge is -2.27. The first-order valence-electron chi connectivity index (χ1n) is 5.16. The van der Waals surface area contributed by atoms with E-state index < -0.39 is 24.6 Å². The van der Waals surface area contributed by atoms with Crippen molar-refractivity contribution in [3.63, 3.8) is 0 Å². The van der Waals surface area contributed by atoms with Gasteiger partial charge in [-0.25, -0.2) is 0 Å². The number of halogens is 8. The molecule has 1 nitrogen and oxygen atoms in total. The molecule has 1 aromatic carbocycles. The average Bonchev–Trinajstić information content (AvgIpc) is 2.28. The van der Waals surface area contributed by atoms with Gasteiger partial charge in [0.05, 0.1) is 6.10 Å². The highest BCUT2D eigenvalue weighted by Gasteiger charge is 2.58. The molecular formula is C11H8Br2F6O. The Morgan fingerprint density at radius 1 is 1.00 bits per heavy atom. The SMILES string of the molecule is FC(F)(F)C(OC(CBr)c1ccccc1Br)C(F)(F)F. The molecular weight excluding hydrogens is 422 g/mol. The second-order valence-corrected chi connectivity index (χ2v) is 5.27. The molecule has 9 heteroatoms. The summed E-state index contributed by atoms with van der Waals surface area (Å²) >= 11 is 5.93. The van der Waals surface area contributed by atoms with Gasteiger partial charge < -0.3 is 4.74 Å². The van der Waals surface area contributed by atoms with E-state index in [1.165, 1.54) is 18.2 Å². The first-order valence-corrected chi connectivity index (χ1v) is 7.08. The lowest BCUT2D eigenvalue weighted by Crippen LogP contribution is -2.45. The third-order valence-corrected chi connectivity index (χ3v) is 3.60. The van der Waals surface area contributed by atoms with Crippen LogP contribution in [0, 0.1) is 0 Å². The molecule has 0 heterocycles.